The molecule has 1 amide bonds. The molecule has 1 heterocycles. The van der Waals surface area contributed by atoms with E-state index in [1.807, 2.05) is 60.0 Å². The van der Waals surface area contributed by atoms with Crippen LogP contribution in [-0.4, -0.2) is 19.2 Å². The molecule has 2 aromatic carbocycles. The van der Waals surface area contributed by atoms with Gasteiger partial charge >= 0.3 is 0 Å². The molecule has 4 nitrogen and oxygen atoms in total. The molecule has 0 saturated carbocycles. The zero-order valence-corrected chi connectivity index (χ0v) is 17.1. The molecule has 3 rings (SSSR count). The summed E-state index contributed by atoms with van der Waals surface area (Å²) in [6.45, 7) is 2.12. The largest absolute Gasteiger partial charge is 0.397 e. The van der Waals surface area contributed by atoms with Crippen LogP contribution in [0.25, 0.3) is 10.4 Å². The maximum atomic E-state index is 12.8. The van der Waals surface area contributed by atoms with Crippen molar-refractivity contribution in [3.8, 4) is 10.4 Å². The Bertz CT molecular complexity index is 908. The van der Waals surface area contributed by atoms with E-state index in [4.69, 9.17) is 10.3 Å². The fourth-order valence-electron chi connectivity index (χ4n) is 2.78. The van der Waals surface area contributed by atoms with Gasteiger partial charge in [0.1, 0.15) is 0 Å². The Morgan fingerprint density at radius 3 is 2.74 bits per heavy atom. The van der Waals surface area contributed by atoms with E-state index in [1.165, 1.54) is 0 Å². The molecule has 0 aliphatic carbocycles. The molecule has 3 aromatic rings. The van der Waals surface area contributed by atoms with Crippen molar-refractivity contribution in [1.29, 1.82) is 0 Å². The maximum absolute atomic E-state index is 12.8. The van der Waals surface area contributed by atoms with E-state index < -0.39 is 8.15 Å². The molecule has 140 valence electrons. The molecular formula is C21H23N2O2PS. The lowest BCUT2D eigenvalue weighted by Crippen LogP contribution is -2.13. The molecule has 0 bridgehead atoms. The van der Waals surface area contributed by atoms with E-state index in [2.05, 4.69) is 12.2 Å². The monoisotopic (exact) mass is 398 g/mol. The summed E-state index contributed by atoms with van der Waals surface area (Å²) in [6, 6.07) is 17.5. The Kier molecular flexibility index (Phi) is 6.62. The Morgan fingerprint density at radius 1 is 1.19 bits per heavy atom. The minimum absolute atomic E-state index is 0.162. The second-order valence-corrected chi connectivity index (χ2v) is 9.30. The lowest BCUT2D eigenvalue weighted by atomic mass is 10.1. The molecule has 0 saturated heterocycles. The van der Waals surface area contributed by atoms with Crippen LogP contribution in [0.15, 0.2) is 60.0 Å². The molecule has 27 heavy (non-hydrogen) atoms. The van der Waals surface area contributed by atoms with Crippen molar-refractivity contribution in [2.75, 3.05) is 24.3 Å². The summed E-state index contributed by atoms with van der Waals surface area (Å²) in [7, 11) is 1.25. The summed E-state index contributed by atoms with van der Waals surface area (Å²) in [5, 5.41) is 4.98. The topological polar surface area (TPSA) is 64.4 Å². The molecule has 1 atom stereocenters. The van der Waals surface area contributed by atoms with Crippen molar-refractivity contribution in [1.82, 2.24) is 0 Å². The van der Waals surface area contributed by atoms with Crippen molar-refractivity contribution >= 4 is 36.8 Å². The third kappa shape index (κ3) is 4.95. The molecule has 0 aliphatic rings. The number of carbonyl (C=O) groups excluding carboxylic acids is 1. The van der Waals surface area contributed by atoms with E-state index in [0.717, 1.165) is 28.3 Å². The molecule has 0 spiro atoms. The Labute approximate surface area is 165 Å². The standard InChI is InChI=1S/C21H23N2O2PS/c1-3-26(25-2)14-15-6-4-7-17(12-15)21(24)23-19-13-16(9-10-18(19)22)20-8-5-11-27-20/h4-13H,3,14,22H2,1-2H3,(H,23,24). The number of hydrogen-bond donors (Lipinski definition) is 2. The highest BCUT2D eigenvalue weighted by Gasteiger charge is 2.12. The molecule has 0 fully saturated rings. The summed E-state index contributed by atoms with van der Waals surface area (Å²) in [4.78, 5) is 13.9. The predicted molar refractivity (Wildman–Crippen MR) is 117 cm³/mol. The van der Waals surface area contributed by atoms with Crippen LogP contribution in [0.3, 0.4) is 0 Å². The number of carbonyl (C=O) groups is 1. The molecular weight excluding hydrogens is 375 g/mol. The van der Waals surface area contributed by atoms with Gasteiger partial charge in [-0.3, -0.25) is 4.79 Å². The highest BCUT2D eigenvalue weighted by Crippen LogP contribution is 2.39. The van der Waals surface area contributed by atoms with Gasteiger partial charge in [-0.05, 0) is 53.0 Å². The van der Waals surface area contributed by atoms with Crippen molar-refractivity contribution in [2.24, 2.45) is 0 Å². The van der Waals surface area contributed by atoms with Crippen LogP contribution in [0.2, 0.25) is 0 Å². The minimum Gasteiger partial charge on any atom is -0.397 e. The molecule has 0 radical (unpaired) electrons. The number of anilines is 2. The molecule has 3 N–H and O–H groups in total. The van der Waals surface area contributed by atoms with Crippen molar-refractivity contribution in [3.05, 3.63) is 71.1 Å². The van der Waals surface area contributed by atoms with Crippen LogP contribution in [0.4, 0.5) is 11.4 Å². The fourth-order valence-corrected chi connectivity index (χ4v) is 4.71. The Balaban J connectivity index is 1.78. The molecule has 6 heteroatoms. The number of amides is 1. The normalized spacial score (nSPS) is 11.9. The number of hydrogen-bond acceptors (Lipinski definition) is 4. The molecule has 1 unspecified atom stereocenters. The van der Waals surface area contributed by atoms with Crippen LogP contribution in [0.5, 0.6) is 0 Å². The number of nitrogen functional groups attached to an aromatic ring is 1. The second kappa shape index (κ2) is 9.14. The number of nitrogens with two attached hydrogens (primary N) is 1. The number of nitrogens with one attached hydrogen (secondary N) is 1. The van der Waals surface area contributed by atoms with E-state index in [-0.39, 0.29) is 5.91 Å². The summed E-state index contributed by atoms with van der Waals surface area (Å²) < 4.78 is 5.51. The van der Waals surface area contributed by atoms with Gasteiger partial charge in [-0.15, -0.1) is 11.3 Å². The highest BCUT2D eigenvalue weighted by atomic mass is 32.1. The first-order valence-electron chi connectivity index (χ1n) is 8.73. The first-order chi connectivity index (χ1) is 13.1. The van der Waals surface area contributed by atoms with Gasteiger partial charge in [0.05, 0.1) is 11.4 Å². The Morgan fingerprint density at radius 2 is 2.04 bits per heavy atom. The van der Waals surface area contributed by atoms with Crippen LogP contribution in [0.1, 0.15) is 22.8 Å². The summed E-state index contributed by atoms with van der Waals surface area (Å²) in [6.07, 6.45) is 1.84. The van der Waals surface area contributed by atoms with Crippen molar-refractivity contribution < 1.29 is 9.32 Å². The predicted octanol–water partition coefficient (Wildman–Crippen LogP) is 5.81. The lowest BCUT2D eigenvalue weighted by molar-refractivity contribution is 0.102. The number of rotatable bonds is 7. The average Bonchev–Trinajstić information content (AvgIpc) is 3.23. The van der Waals surface area contributed by atoms with Crippen molar-refractivity contribution in [3.63, 3.8) is 0 Å². The Hall–Kier alpha value is -2.20. The fraction of sp³-hybridized carbons (Fsp3) is 0.190. The van der Waals surface area contributed by atoms with Crippen LogP contribution in [-0.2, 0) is 10.7 Å². The zero-order chi connectivity index (χ0) is 19.2. The van der Waals surface area contributed by atoms with E-state index in [9.17, 15) is 4.79 Å². The highest BCUT2D eigenvalue weighted by molar-refractivity contribution is 7.51. The molecule has 0 aliphatic heterocycles. The van der Waals surface area contributed by atoms with Gasteiger partial charge in [0.2, 0.25) is 0 Å². The summed E-state index contributed by atoms with van der Waals surface area (Å²) >= 11 is 1.65. The van der Waals surface area contributed by atoms with Crippen LogP contribution >= 0.6 is 19.5 Å². The third-order valence-corrected chi connectivity index (χ3v) is 7.12. The van der Waals surface area contributed by atoms with E-state index in [1.54, 1.807) is 18.4 Å². The lowest BCUT2D eigenvalue weighted by Gasteiger charge is -2.14. The first kappa shape index (κ1) is 19.6. The molecule has 1 aromatic heterocycles. The van der Waals surface area contributed by atoms with Crippen LogP contribution in [0, 0.1) is 0 Å². The second-order valence-electron chi connectivity index (χ2n) is 6.07. The van der Waals surface area contributed by atoms with Gasteiger partial charge in [0.15, 0.2) is 0 Å². The van der Waals surface area contributed by atoms with E-state index in [0.29, 0.717) is 16.9 Å². The van der Waals surface area contributed by atoms with Crippen LogP contribution < -0.4 is 11.1 Å². The van der Waals surface area contributed by atoms with E-state index >= 15 is 0 Å². The maximum Gasteiger partial charge on any atom is 0.255 e. The van der Waals surface area contributed by atoms with Crippen molar-refractivity contribution in [2.45, 2.75) is 13.1 Å². The summed E-state index contributed by atoms with van der Waals surface area (Å²) in [5.41, 5.74) is 10.0. The number of thiophene rings is 1. The minimum atomic E-state index is -0.493. The van der Waals surface area contributed by atoms with Gasteiger partial charge in [-0.25, -0.2) is 0 Å². The van der Waals surface area contributed by atoms with Gasteiger partial charge in [-0.2, -0.15) is 0 Å². The zero-order valence-electron chi connectivity index (χ0n) is 15.4. The SMILES string of the molecule is CCP(Cc1cccc(C(=O)Nc2cc(-c3cccs3)ccc2N)c1)OC. The quantitative estimate of drug-likeness (QED) is 0.390. The van der Waals surface area contributed by atoms with Gasteiger partial charge in [0, 0.05) is 31.9 Å². The van der Waals surface area contributed by atoms with Gasteiger partial charge in [0.25, 0.3) is 5.91 Å². The first-order valence-corrected chi connectivity index (χ1v) is 11.2. The van der Waals surface area contributed by atoms with Gasteiger partial charge in [-0.1, -0.05) is 31.2 Å². The smallest absolute Gasteiger partial charge is 0.255 e. The van der Waals surface area contributed by atoms with Gasteiger partial charge < -0.3 is 15.6 Å². The average molecular weight is 398 g/mol. The third-order valence-electron chi connectivity index (χ3n) is 4.27. The summed E-state index contributed by atoms with van der Waals surface area (Å²) in [5.74, 6) is -0.162. The number of benzene rings is 2.